The first-order chi connectivity index (χ1) is 4.83. The molecule has 72 valence electrons. The molecule has 2 atom stereocenters. The van der Waals surface area contributed by atoms with Crippen LogP contribution in [0.1, 0.15) is 7.43 Å². The summed E-state index contributed by atoms with van der Waals surface area (Å²) >= 11 is 0. The van der Waals surface area contributed by atoms with E-state index in [4.69, 9.17) is 0 Å². The largest absolute Gasteiger partial charge is 1.00 e. The molecule has 0 aliphatic heterocycles. The van der Waals surface area contributed by atoms with Gasteiger partial charge in [-0.1, -0.05) is 16.0 Å². The van der Waals surface area contributed by atoms with Crippen LogP contribution in [0.3, 0.4) is 0 Å². The summed E-state index contributed by atoms with van der Waals surface area (Å²) in [4.78, 5) is 29.2. The predicted molar refractivity (Wildman–Crippen MR) is 31.7 cm³/mol. The molecular weight excluding hydrogens is 348 g/mol. The number of rotatable bonds is 4. The van der Waals surface area contributed by atoms with E-state index in [0.29, 0.717) is 0 Å². The molecule has 0 aromatic carbocycles. The first-order valence-corrected chi connectivity index (χ1v) is 5.48. The second kappa shape index (κ2) is 23.5. The summed E-state index contributed by atoms with van der Waals surface area (Å²) < 4.78 is 35.4. The Labute approximate surface area is 212 Å². The summed E-state index contributed by atoms with van der Waals surface area (Å²) in [5, 5.41) is 0. The average molecular weight is 352 g/mol. The number of hydrogen-bond donors (Lipinski definition) is 0. The third-order valence-electron chi connectivity index (χ3n) is 0.333. The van der Waals surface area contributed by atoms with Crippen LogP contribution in [0.5, 0.6) is 0 Å². The van der Waals surface area contributed by atoms with Gasteiger partial charge in [0.1, 0.15) is 0 Å². The van der Waals surface area contributed by atoms with Gasteiger partial charge in [0.2, 0.25) is 0 Å². The summed E-state index contributed by atoms with van der Waals surface area (Å²) in [5.41, 5.74) is 0. The van der Waals surface area contributed by atoms with Crippen LogP contribution in [0.4, 0.5) is 0 Å². The summed E-state index contributed by atoms with van der Waals surface area (Å²) in [6, 6.07) is 0. The van der Waals surface area contributed by atoms with Crippen LogP contribution in [0.2, 0.25) is 0 Å². The van der Waals surface area contributed by atoms with E-state index in [1.807, 2.05) is 0 Å². The van der Waals surface area contributed by atoms with E-state index in [2.05, 4.69) is 8.62 Å². The minimum Gasteiger partial charge on any atom is -0.750 e. The Kier molecular flexibility index (Phi) is 59.7. The number of hydrogen-bond acceptors (Lipinski definition) is 8. The molecule has 17 heavy (non-hydrogen) atoms. The predicted octanol–water partition coefficient (Wildman–Crippen LogP) is -15.8. The van der Waals surface area contributed by atoms with E-state index in [9.17, 15) is 28.4 Å². The molecule has 0 radical (unpaired) electrons. The maximum Gasteiger partial charge on any atom is 1.00 e. The van der Waals surface area contributed by atoms with Gasteiger partial charge in [0.05, 0.1) is 0 Å². The zero-order valence-corrected chi connectivity index (χ0v) is 22.3. The number of phosphoric acid groups is 1. The molecule has 0 aliphatic carbocycles. The van der Waals surface area contributed by atoms with Gasteiger partial charge in [-0.3, -0.25) is 4.57 Å². The van der Waals surface area contributed by atoms with Gasteiger partial charge < -0.3 is 14.7 Å². The third-order valence-corrected chi connectivity index (χ3v) is 3.00. The van der Waals surface area contributed by atoms with E-state index in [1.54, 1.807) is 0 Å². The molecule has 16 heteroatoms. The Balaban J connectivity index is -0.0000000333. The van der Waals surface area contributed by atoms with E-state index in [0.717, 1.165) is 0 Å². The molecule has 0 fully saturated rings. The quantitative estimate of drug-likeness (QED) is 0.359. The van der Waals surface area contributed by atoms with Crippen molar-refractivity contribution in [2.45, 2.75) is 7.43 Å². The summed E-state index contributed by atoms with van der Waals surface area (Å²) in [6.45, 7) is 0. The molecular formula is CH4Na5O8P3+4. The molecule has 0 saturated heterocycles. The monoisotopic (exact) mass is 352 g/mol. The van der Waals surface area contributed by atoms with Crippen molar-refractivity contribution in [3.05, 3.63) is 0 Å². The maximum atomic E-state index is 10.1. The van der Waals surface area contributed by atoms with E-state index < -0.39 is 24.3 Å². The molecule has 0 aromatic heterocycles. The van der Waals surface area contributed by atoms with Crippen molar-refractivity contribution in [1.29, 1.82) is 0 Å². The minimum absolute atomic E-state index is 0. The van der Waals surface area contributed by atoms with Crippen molar-refractivity contribution in [2.75, 3.05) is 0 Å². The Morgan fingerprint density at radius 2 is 1.00 bits per heavy atom. The topological polar surface area (TPSA) is 139 Å². The van der Waals surface area contributed by atoms with Crippen molar-refractivity contribution in [1.82, 2.24) is 0 Å². The third kappa shape index (κ3) is 33.8. The maximum absolute atomic E-state index is 10.1. The summed E-state index contributed by atoms with van der Waals surface area (Å²) in [6.07, 6.45) is 0. The summed E-state index contributed by atoms with van der Waals surface area (Å²) in [5.74, 6) is 0. The molecule has 0 amide bonds. The van der Waals surface area contributed by atoms with Gasteiger partial charge in [-0.25, -0.2) is 0 Å². The Bertz CT molecular complexity index is 215. The Morgan fingerprint density at radius 1 is 0.824 bits per heavy atom. The van der Waals surface area contributed by atoms with E-state index >= 15 is 0 Å². The van der Waals surface area contributed by atoms with Gasteiger partial charge in [0.25, 0.3) is 0 Å². The zero-order chi connectivity index (χ0) is 9.07. The molecule has 0 bridgehead atoms. The molecule has 0 aliphatic rings. The van der Waals surface area contributed by atoms with Gasteiger partial charge >= 0.3 is 172 Å². The molecule has 0 rings (SSSR count). The van der Waals surface area contributed by atoms with E-state index in [-0.39, 0.29) is 155 Å². The fourth-order valence-corrected chi connectivity index (χ4v) is 1.87. The van der Waals surface area contributed by atoms with Crippen LogP contribution in [0.15, 0.2) is 0 Å². The van der Waals surface area contributed by atoms with Crippen molar-refractivity contribution >= 4 is 24.3 Å². The first kappa shape index (κ1) is 43.2. The van der Waals surface area contributed by atoms with Crippen molar-refractivity contribution < 1.29 is 185 Å². The molecule has 0 aromatic rings. The standard InChI is InChI=1S/CH4.5Na.HO8P3/c;;;;;;1-9(2)7-11(5,6)8-10(3)4/h1H4;;;;;;(H,5,6)/q;5*+1;/p-1. The molecule has 0 N–H and O–H groups in total. The molecule has 2 unspecified atom stereocenters. The second-order valence-corrected chi connectivity index (χ2v) is 4.15. The van der Waals surface area contributed by atoms with Crippen molar-refractivity contribution in [3.63, 3.8) is 0 Å². The average Bonchev–Trinajstić information content (AvgIpc) is 1.53. The normalized spacial score (nSPS) is 12.2. The second-order valence-electron chi connectivity index (χ2n) is 1.06. The Morgan fingerprint density at radius 3 is 1.12 bits per heavy atom. The molecule has 0 saturated carbocycles. The van der Waals surface area contributed by atoms with Crippen molar-refractivity contribution in [3.8, 4) is 0 Å². The van der Waals surface area contributed by atoms with Crippen molar-refractivity contribution in [2.24, 2.45) is 0 Å². The fraction of sp³-hybridized carbons (Fsp3) is 1.00. The van der Waals surface area contributed by atoms with Crippen LogP contribution >= 0.6 is 24.3 Å². The van der Waals surface area contributed by atoms with Gasteiger partial charge in [0, 0.05) is 0 Å². The summed E-state index contributed by atoms with van der Waals surface area (Å²) in [7, 11) is -12.6. The van der Waals surface area contributed by atoms with Crippen LogP contribution in [0.25, 0.3) is 0 Å². The first-order valence-electron chi connectivity index (χ1n) is 1.83. The van der Waals surface area contributed by atoms with Crippen LogP contribution < -0.4 is 162 Å². The SMILES string of the molecule is C.O=[P+]([O-])OP(=O)([O-])O[P+](=O)[O-].[Na+].[Na+].[Na+].[Na+].[Na+]. The molecule has 8 nitrogen and oxygen atoms in total. The fourth-order valence-electron chi connectivity index (χ4n) is 0.178. The molecule has 0 spiro atoms. The van der Waals surface area contributed by atoms with Crippen LogP contribution in [0, 0.1) is 0 Å². The molecule has 0 heterocycles. The smallest absolute Gasteiger partial charge is 0.750 e. The van der Waals surface area contributed by atoms with Gasteiger partial charge in [0.15, 0.2) is 0 Å². The zero-order valence-electron chi connectivity index (χ0n) is 9.61. The van der Waals surface area contributed by atoms with Crippen LogP contribution in [-0.2, 0) is 22.3 Å². The van der Waals surface area contributed by atoms with Gasteiger partial charge in [-0.15, -0.1) is 0 Å². The van der Waals surface area contributed by atoms with E-state index in [1.165, 1.54) is 0 Å². The van der Waals surface area contributed by atoms with Gasteiger partial charge in [-0.05, 0) is 9.13 Å². The van der Waals surface area contributed by atoms with Crippen LogP contribution in [-0.4, -0.2) is 0 Å². The minimum atomic E-state index is -5.25. The van der Waals surface area contributed by atoms with Gasteiger partial charge in [-0.2, -0.15) is 0 Å². The Hall–Kier alpha value is 5.23.